The fourth-order valence-electron chi connectivity index (χ4n) is 4.10. The Labute approximate surface area is 256 Å². The highest BCUT2D eigenvalue weighted by Gasteiger charge is 2.23. The van der Waals surface area contributed by atoms with E-state index in [1.165, 1.54) is 108 Å². The highest BCUT2D eigenvalue weighted by molar-refractivity contribution is 7.93. The van der Waals surface area contributed by atoms with Gasteiger partial charge in [-0.3, -0.25) is 13.8 Å². The zero-order valence-electron chi connectivity index (χ0n) is 24.5. The first-order valence-electron chi connectivity index (χ1n) is 12.9. The molecule has 0 saturated carbocycles. The summed E-state index contributed by atoms with van der Waals surface area (Å²) in [4.78, 5) is 12.8. The molecule has 0 spiro atoms. The summed E-state index contributed by atoms with van der Waals surface area (Å²) in [5, 5.41) is 2.70. The number of rotatable bonds is 12. The van der Waals surface area contributed by atoms with Crippen molar-refractivity contribution in [2.24, 2.45) is 0 Å². The largest absolute Gasteiger partial charge is 0.497 e. The smallest absolute Gasteiger partial charge is 0.264 e. The molecule has 4 rings (SSSR count). The van der Waals surface area contributed by atoms with Gasteiger partial charge in [-0.2, -0.15) is 0 Å². The van der Waals surface area contributed by atoms with Gasteiger partial charge in [-0.05, 0) is 72.8 Å². The number of carbonyl (C=O) groups is 1. The van der Waals surface area contributed by atoms with Crippen molar-refractivity contribution in [1.82, 2.24) is 0 Å². The van der Waals surface area contributed by atoms with Gasteiger partial charge in [-0.1, -0.05) is 0 Å². The van der Waals surface area contributed by atoms with E-state index in [0.29, 0.717) is 22.9 Å². The second-order valence-corrected chi connectivity index (χ2v) is 12.8. The van der Waals surface area contributed by atoms with E-state index in [-0.39, 0.29) is 32.5 Å². The zero-order valence-corrected chi connectivity index (χ0v) is 26.2. The number of nitrogens with zero attached hydrogens (tertiary/aromatic N) is 1. The van der Waals surface area contributed by atoms with Crippen molar-refractivity contribution in [3.05, 3.63) is 90.5 Å². The number of benzene rings is 4. The molecule has 4 aromatic carbocycles. The van der Waals surface area contributed by atoms with Gasteiger partial charge in [0.25, 0.3) is 26.0 Å². The number of anilines is 3. The molecule has 2 N–H and O–H groups in total. The first-order valence-corrected chi connectivity index (χ1v) is 15.8. The van der Waals surface area contributed by atoms with Crippen LogP contribution in [0.25, 0.3) is 0 Å². The molecule has 1 amide bonds. The molecule has 0 radical (unpaired) electrons. The summed E-state index contributed by atoms with van der Waals surface area (Å²) < 4.78 is 76.7. The lowest BCUT2D eigenvalue weighted by Gasteiger charge is -2.20. The lowest BCUT2D eigenvalue weighted by Crippen LogP contribution is -2.26. The Bertz CT molecular complexity index is 1860. The third-order valence-corrected chi connectivity index (χ3v) is 9.74. The lowest BCUT2D eigenvalue weighted by molar-refractivity contribution is 0.102. The number of methoxy groups -OCH3 is 4. The van der Waals surface area contributed by atoms with Crippen molar-refractivity contribution in [2.45, 2.75) is 9.79 Å². The predicted octanol–water partition coefficient (Wildman–Crippen LogP) is 4.60. The van der Waals surface area contributed by atoms with Crippen LogP contribution < -0.4 is 33.3 Å². The standard InChI is InChI=1S/C30H31N3O9S2/c1-33(44(37,38)25-15-17-27(40-3)29(19-25)42-5)22-10-6-20(7-11-22)30(34)31-21-8-13-24(14-9-21)43(35,36)32-26-16-12-23(39-2)18-28(26)41-4/h6-19,32H,1-5H3,(H,31,34). The zero-order chi connectivity index (χ0) is 32.1. The molecule has 0 aliphatic rings. The summed E-state index contributed by atoms with van der Waals surface area (Å²) in [6.45, 7) is 0. The molecule has 0 saturated heterocycles. The minimum Gasteiger partial charge on any atom is -0.497 e. The van der Waals surface area contributed by atoms with Crippen molar-refractivity contribution in [3.63, 3.8) is 0 Å². The number of ether oxygens (including phenoxy) is 4. The van der Waals surface area contributed by atoms with Crippen molar-refractivity contribution < 1.29 is 40.6 Å². The molecule has 0 fully saturated rings. The van der Waals surface area contributed by atoms with E-state index >= 15 is 0 Å². The summed E-state index contributed by atoms with van der Waals surface area (Å²) in [5.74, 6) is 0.984. The quantitative estimate of drug-likeness (QED) is 0.226. The normalized spacial score (nSPS) is 11.3. The Morgan fingerprint density at radius 2 is 1.27 bits per heavy atom. The number of carbonyl (C=O) groups excluding carboxylic acids is 1. The van der Waals surface area contributed by atoms with Crippen LogP contribution in [-0.4, -0.2) is 58.2 Å². The number of hydrogen-bond donors (Lipinski definition) is 2. The molecular weight excluding hydrogens is 610 g/mol. The molecular formula is C30H31N3O9S2. The molecule has 12 nitrogen and oxygen atoms in total. The van der Waals surface area contributed by atoms with Gasteiger partial charge in [0.05, 0.1) is 49.6 Å². The SMILES string of the molecule is COc1ccc(NS(=O)(=O)c2ccc(NC(=O)c3ccc(N(C)S(=O)(=O)c4ccc(OC)c(OC)c4)cc3)cc2)c(OC)c1. The lowest BCUT2D eigenvalue weighted by atomic mass is 10.2. The second kappa shape index (κ2) is 13.1. The minimum absolute atomic E-state index is 0.00303. The second-order valence-electron chi connectivity index (χ2n) is 9.19. The predicted molar refractivity (Wildman–Crippen MR) is 166 cm³/mol. The maximum absolute atomic E-state index is 13.2. The summed E-state index contributed by atoms with van der Waals surface area (Å²) in [6.07, 6.45) is 0. The van der Waals surface area contributed by atoms with Crippen molar-refractivity contribution >= 4 is 43.0 Å². The first kappa shape index (κ1) is 32.0. The monoisotopic (exact) mass is 641 g/mol. The van der Waals surface area contributed by atoms with E-state index < -0.39 is 26.0 Å². The topological polar surface area (TPSA) is 150 Å². The molecule has 0 heterocycles. The van der Waals surface area contributed by atoms with Gasteiger partial charge in [-0.25, -0.2) is 16.8 Å². The van der Waals surface area contributed by atoms with E-state index in [0.717, 1.165) is 4.31 Å². The Kier molecular flexibility index (Phi) is 9.55. The van der Waals surface area contributed by atoms with Gasteiger partial charge in [0, 0.05) is 30.4 Å². The fourth-order valence-corrected chi connectivity index (χ4v) is 6.39. The average Bonchev–Trinajstić information content (AvgIpc) is 3.04. The van der Waals surface area contributed by atoms with Crippen molar-refractivity contribution in [1.29, 1.82) is 0 Å². The van der Waals surface area contributed by atoms with Crippen LogP contribution >= 0.6 is 0 Å². The van der Waals surface area contributed by atoms with Gasteiger partial charge in [0.15, 0.2) is 11.5 Å². The molecule has 0 atom stereocenters. The van der Waals surface area contributed by atoms with E-state index in [4.69, 9.17) is 18.9 Å². The maximum Gasteiger partial charge on any atom is 0.264 e. The van der Waals surface area contributed by atoms with E-state index in [2.05, 4.69) is 10.0 Å². The fraction of sp³-hybridized carbons (Fsp3) is 0.167. The first-order chi connectivity index (χ1) is 20.9. The molecule has 14 heteroatoms. The molecule has 0 aliphatic heterocycles. The number of sulfonamides is 2. The van der Waals surface area contributed by atoms with Crippen molar-refractivity contribution in [3.8, 4) is 23.0 Å². The Morgan fingerprint density at radius 3 is 1.86 bits per heavy atom. The van der Waals surface area contributed by atoms with Crippen LogP contribution in [0, 0.1) is 0 Å². The number of nitrogens with one attached hydrogen (secondary N) is 2. The van der Waals surface area contributed by atoms with Gasteiger partial charge in [-0.15, -0.1) is 0 Å². The summed E-state index contributed by atoms with van der Waals surface area (Å²) in [6, 6.07) is 20.5. The Morgan fingerprint density at radius 1 is 0.659 bits per heavy atom. The minimum atomic E-state index is -3.97. The summed E-state index contributed by atoms with van der Waals surface area (Å²) >= 11 is 0. The molecule has 0 unspecified atom stereocenters. The molecule has 0 aromatic heterocycles. The van der Waals surface area contributed by atoms with Crippen LogP contribution in [0.2, 0.25) is 0 Å². The third kappa shape index (κ3) is 6.82. The van der Waals surface area contributed by atoms with Gasteiger partial charge < -0.3 is 24.3 Å². The van der Waals surface area contributed by atoms with E-state index in [9.17, 15) is 21.6 Å². The van der Waals surface area contributed by atoms with Crippen molar-refractivity contribution in [2.75, 3.05) is 49.8 Å². The van der Waals surface area contributed by atoms with E-state index in [1.54, 1.807) is 12.1 Å². The van der Waals surface area contributed by atoms with Gasteiger partial charge in [0.2, 0.25) is 0 Å². The van der Waals surface area contributed by atoms with Crippen LogP contribution in [0.3, 0.4) is 0 Å². The van der Waals surface area contributed by atoms with Crippen LogP contribution in [0.4, 0.5) is 17.1 Å². The highest BCUT2D eigenvalue weighted by Crippen LogP contribution is 2.33. The van der Waals surface area contributed by atoms with Crippen LogP contribution in [0.15, 0.2) is 94.7 Å². The molecule has 44 heavy (non-hydrogen) atoms. The van der Waals surface area contributed by atoms with Crippen LogP contribution in [0.1, 0.15) is 10.4 Å². The Balaban J connectivity index is 1.44. The van der Waals surface area contributed by atoms with Crippen LogP contribution in [0.5, 0.6) is 23.0 Å². The molecule has 0 bridgehead atoms. The average molecular weight is 642 g/mol. The molecule has 232 valence electrons. The van der Waals surface area contributed by atoms with E-state index in [1.807, 2.05) is 0 Å². The molecule has 0 aliphatic carbocycles. The van der Waals surface area contributed by atoms with Gasteiger partial charge >= 0.3 is 0 Å². The van der Waals surface area contributed by atoms with Crippen LogP contribution in [-0.2, 0) is 20.0 Å². The highest BCUT2D eigenvalue weighted by atomic mass is 32.2. The number of amides is 1. The molecule has 4 aromatic rings. The maximum atomic E-state index is 13.2. The Hall–Kier alpha value is -4.95. The summed E-state index contributed by atoms with van der Waals surface area (Å²) in [5.41, 5.74) is 1.17. The number of hydrogen-bond acceptors (Lipinski definition) is 9. The van der Waals surface area contributed by atoms with Gasteiger partial charge in [0.1, 0.15) is 11.5 Å². The third-order valence-electron chi connectivity index (χ3n) is 6.58. The summed E-state index contributed by atoms with van der Waals surface area (Å²) in [7, 11) is -0.740.